The van der Waals surface area contributed by atoms with Crippen LogP contribution in [0.1, 0.15) is 25.7 Å². The smallest absolute Gasteiger partial charge is 0.242 e. The maximum Gasteiger partial charge on any atom is 0.242 e. The van der Waals surface area contributed by atoms with E-state index >= 15 is 0 Å². The van der Waals surface area contributed by atoms with Crippen molar-refractivity contribution in [2.24, 2.45) is 0 Å². The van der Waals surface area contributed by atoms with E-state index in [0.29, 0.717) is 12.2 Å². The monoisotopic (exact) mass is 339 g/mol. The molecule has 1 amide bonds. The van der Waals surface area contributed by atoms with Crippen LogP contribution in [-0.2, 0) is 14.8 Å². The lowest BCUT2D eigenvalue weighted by Gasteiger charge is -2.19. The van der Waals surface area contributed by atoms with Gasteiger partial charge in [0.05, 0.1) is 11.4 Å². The van der Waals surface area contributed by atoms with Crippen LogP contribution in [0.4, 0.5) is 5.69 Å². The third kappa shape index (κ3) is 5.02. The van der Waals surface area contributed by atoms with E-state index < -0.39 is 10.0 Å². The molecule has 1 heterocycles. The zero-order valence-electron chi connectivity index (χ0n) is 13.8. The van der Waals surface area contributed by atoms with E-state index in [4.69, 9.17) is 0 Å². The average molecular weight is 339 g/mol. The van der Waals surface area contributed by atoms with E-state index in [-0.39, 0.29) is 10.8 Å². The Labute approximate surface area is 138 Å². The molecule has 0 aromatic heterocycles. The highest BCUT2D eigenvalue weighted by Crippen LogP contribution is 2.18. The average Bonchev–Trinajstić information content (AvgIpc) is 2.75. The second-order valence-electron chi connectivity index (χ2n) is 6.05. The Morgan fingerprint density at radius 3 is 2.43 bits per heavy atom. The van der Waals surface area contributed by atoms with Crippen LogP contribution < -0.4 is 5.32 Å². The summed E-state index contributed by atoms with van der Waals surface area (Å²) < 4.78 is 25.4. The molecule has 0 unspecified atom stereocenters. The summed E-state index contributed by atoms with van der Waals surface area (Å²) >= 11 is 0. The van der Waals surface area contributed by atoms with Crippen molar-refractivity contribution in [2.45, 2.75) is 30.6 Å². The first-order chi connectivity index (χ1) is 10.9. The highest BCUT2D eigenvalue weighted by Gasteiger charge is 2.18. The number of rotatable bonds is 5. The van der Waals surface area contributed by atoms with E-state index in [1.54, 1.807) is 12.1 Å². The molecule has 1 aliphatic rings. The van der Waals surface area contributed by atoms with Gasteiger partial charge in [-0.1, -0.05) is 18.9 Å². The van der Waals surface area contributed by atoms with Crippen LogP contribution in [0.15, 0.2) is 29.2 Å². The van der Waals surface area contributed by atoms with Crippen molar-refractivity contribution in [3.05, 3.63) is 24.3 Å². The fourth-order valence-electron chi connectivity index (χ4n) is 2.64. The molecule has 2 rings (SSSR count). The molecule has 6 nitrogen and oxygen atoms in total. The first kappa shape index (κ1) is 17.9. The van der Waals surface area contributed by atoms with Gasteiger partial charge in [0.25, 0.3) is 0 Å². The number of sulfonamides is 1. The molecule has 128 valence electrons. The molecular weight excluding hydrogens is 314 g/mol. The lowest BCUT2D eigenvalue weighted by Crippen LogP contribution is -2.34. The maximum atomic E-state index is 12.2. The van der Waals surface area contributed by atoms with Crippen LogP contribution in [0.2, 0.25) is 0 Å². The van der Waals surface area contributed by atoms with Gasteiger partial charge < -0.3 is 5.32 Å². The standard InChI is InChI=1S/C16H25N3O3S/c1-18(2)23(21,22)15-9-7-8-14(12-15)17-16(20)13-19-10-5-3-4-6-11-19/h7-9,12H,3-6,10-11,13H2,1-2H3,(H,17,20). The molecule has 0 aliphatic carbocycles. The van der Waals surface area contributed by atoms with E-state index in [1.165, 1.54) is 39.1 Å². The first-order valence-electron chi connectivity index (χ1n) is 7.94. The fraction of sp³-hybridized carbons (Fsp3) is 0.562. The number of nitrogens with one attached hydrogen (secondary N) is 1. The van der Waals surface area contributed by atoms with Gasteiger partial charge in [0.15, 0.2) is 0 Å². The zero-order valence-corrected chi connectivity index (χ0v) is 14.6. The van der Waals surface area contributed by atoms with Crippen LogP contribution in [0.3, 0.4) is 0 Å². The van der Waals surface area contributed by atoms with Gasteiger partial charge in [0.1, 0.15) is 0 Å². The predicted molar refractivity (Wildman–Crippen MR) is 90.9 cm³/mol. The second kappa shape index (κ2) is 7.90. The molecule has 1 aromatic carbocycles. The molecule has 1 aliphatic heterocycles. The summed E-state index contributed by atoms with van der Waals surface area (Å²) in [6.45, 7) is 2.25. The minimum atomic E-state index is -3.50. The van der Waals surface area contributed by atoms with Gasteiger partial charge in [0, 0.05) is 19.8 Å². The first-order valence-corrected chi connectivity index (χ1v) is 9.38. The largest absolute Gasteiger partial charge is 0.325 e. The highest BCUT2D eigenvalue weighted by atomic mass is 32.2. The summed E-state index contributed by atoms with van der Waals surface area (Å²) in [5, 5.41) is 2.80. The van der Waals surface area contributed by atoms with Crippen molar-refractivity contribution in [3.63, 3.8) is 0 Å². The molecular formula is C16H25N3O3S. The Morgan fingerprint density at radius 2 is 1.83 bits per heavy atom. The van der Waals surface area contributed by atoms with Gasteiger partial charge in [-0.15, -0.1) is 0 Å². The topological polar surface area (TPSA) is 69.7 Å². The zero-order chi connectivity index (χ0) is 16.9. The number of anilines is 1. The second-order valence-corrected chi connectivity index (χ2v) is 8.21. The van der Waals surface area contributed by atoms with E-state index in [1.807, 2.05) is 0 Å². The minimum absolute atomic E-state index is 0.105. The quantitative estimate of drug-likeness (QED) is 0.887. The summed E-state index contributed by atoms with van der Waals surface area (Å²) in [7, 11) is -0.524. The maximum absolute atomic E-state index is 12.2. The molecule has 0 saturated carbocycles. The lowest BCUT2D eigenvalue weighted by molar-refractivity contribution is -0.117. The molecule has 0 radical (unpaired) electrons. The number of carbonyl (C=O) groups is 1. The molecule has 0 spiro atoms. The summed E-state index contributed by atoms with van der Waals surface area (Å²) in [5.41, 5.74) is 0.507. The van der Waals surface area contributed by atoms with Crippen molar-refractivity contribution in [1.82, 2.24) is 9.21 Å². The molecule has 0 atom stereocenters. The van der Waals surface area contributed by atoms with Crippen LogP contribution in [0.5, 0.6) is 0 Å². The van der Waals surface area contributed by atoms with Crippen molar-refractivity contribution < 1.29 is 13.2 Å². The van der Waals surface area contributed by atoms with Crippen molar-refractivity contribution in [3.8, 4) is 0 Å². The van der Waals surface area contributed by atoms with Gasteiger partial charge in [0.2, 0.25) is 15.9 Å². The van der Waals surface area contributed by atoms with Crippen LogP contribution in [0, 0.1) is 0 Å². The molecule has 7 heteroatoms. The Balaban J connectivity index is 2.01. The summed E-state index contributed by atoms with van der Waals surface area (Å²) in [6.07, 6.45) is 4.71. The molecule has 1 fully saturated rings. The van der Waals surface area contributed by atoms with Crippen molar-refractivity contribution in [2.75, 3.05) is 39.0 Å². The van der Waals surface area contributed by atoms with Crippen LogP contribution in [0.25, 0.3) is 0 Å². The number of amides is 1. The van der Waals surface area contributed by atoms with Gasteiger partial charge >= 0.3 is 0 Å². The van der Waals surface area contributed by atoms with Gasteiger partial charge in [-0.2, -0.15) is 0 Å². The molecule has 1 aromatic rings. The number of hydrogen-bond acceptors (Lipinski definition) is 4. The van der Waals surface area contributed by atoms with Crippen molar-refractivity contribution >= 4 is 21.6 Å². The predicted octanol–water partition coefficient (Wildman–Crippen LogP) is 1.75. The van der Waals surface area contributed by atoms with E-state index in [0.717, 1.165) is 30.2 Å². The number of hydrogen-bond donors (Lipinski definition) is 1. The third-order valence-corrected chi connectivity index (χ3v) is 5.77. The van der Waals surface area contributed by atoms with E-state index in [2.05, 4.69) is 10.2 Å². The number of benzene rings is 1. The fourth-order valence-corrected chi connectivity index (χ4v) is 3.59. The van der Waals surface area contributed by atoms with Crippen LogP contribution in [-0.4, -0.2) is 57.3 Å². The number of likely N-dealkylation sites (tertiary alicyclic amines) is 1. The van der Waals surface area contributed by atoms with Gasteiger partial charge in [-0.3, -0.25) is 9.69 Å². The Bertz CT molecular complexity index is 636. The number of carbonyl (C=O) groups excluding carboxylic acids is 1. The Hall–Kier alpha value is -1.44. The lowest BCUT2D eigenvalue weighted by atomic mass is 10.2. The molecule has 1 N–H and O–H groups in total. The summed E-state index contributed by atoms with van der Waals surface area (Å²) in [6, 6.07) is 6.36. The van der Waals surface area contributed by atoms with Crippen LogP contribution >= 0.6 is 0 Å². The Kier molecular flexibility index (Phi) is 6.15. The number of nitrogens with zero attached hydrogens (tertiary/aromatic N) is 2. The summed E-state index contributed by atoms with van der Waals surface area (Å²) in [4.78, 5) is 14.5. The Morgan fingerprint density at radius 1 is 1.17 bits per heavy atom. The molecule has 0 bridgehead atoms. The van der Waals surface area contributed by atoms with Gasteiger partial charge in [-0.05, 0) is 44.1 Å². The molecule has 1 saturated heterocycles. The minimum Gasteiger partial charge on any atom is -0.325 e. The van der Waals surface area contributed by atoms with Crippen molar-refractivity contribution in [1.29, 1.82) is 0 Å². The highest BCUT2D eigenvalue weighted by molar-refractivity contribution is 7.89. The summed E-state index contributed by atoms with van der Waals surface area (Å²) in [5.74, 6) is -0.105. The third-order valence-electron chi connectivity index (χ3n) is 3.96. The SMILES string of the molecule is CN(C)S(=O)(=O)c1cccc(NC(=O)CN2CCCCCC2)c1. The molecule has 23 heavy (non-hydrogen) atoms. The van der Waals surface area contributed by atoms with E-state index in [9.17, 15) is 13.2 Å². The normalized spacial score (nSPS) is 17.0. The van der Waals surface area contributed by atoms with Gasteiger partial charge in [-0.25, -0.2) is 12.7 Å².